The summed E-state index contributed by atoms with van der Waals surface area (Å²) < 4.78 is 25.9. The van der Waals surface area contributed by atoms with Crippen molar-refractivity contribution in [2.24, 2.45) is 0 Å². The van der Waals surface area contributed by atoms with Crippen molar-refractivity contribution in [3.05, 3.63) is 63.1 Å². The zero-order chi connectivity index (χ0) is 24.1. The van der Waals surface area contributed by atoms with E-state index >= 15 is 0 Å². The first-order valence-electron chi connectivity index (χ1n) is 9.66. The lowest BCUT2D eigenvalue weighted by molar-refractivity contribution is -0.140. The average molecular weight is 521 g/mol. The van der Waals surface area contributed by atoms with E-state index in [0.29, 0.717) is 22.0 Å². The molecule has 0 bridgehead atoms. The SMILES string of the molecule is CC[C@@H](C(=O)NC)N(Cc1ccc(Cl)cc1Cl)C(=O)CN(c1ccccc1Cl)S(C)(=O)=O. The standard InChI is InChI=1S/C21H24Cl3N3O4S/c1-4-18(21(29)25-2)26(12-14-9-10-15(22)11-17(14)24)20(28)13-27(32(3,30)31)19-8-6-5-7-16(19)23/h5-11,18H,4,12-13H2,1-3H3,(H,25,29)/t18-/m0/s1. The summed E-state index contributed by atoms with van der Waals surface area (Å²) in [5.74, 6) is -0.966. The lowest BCUT2D eigenvalue weighted by atomic mass is 10.1. The number of nitrogens with one attached hydrogen (secondary N) is 1. The molecule has 0 aliphatic carbocycles. The summed E-state index contributed by atoms with van der Waals surface area (Å²) in [6, 6.07) is 10.3. The molecule has 2 amide bonds. The summed E-state index contributed by atoms with van der Waals surface area (Å²) in [7, 11) is -2.39. The molecule has 32 heavy (non-hydrogen) atoms. The van der Waals surface area contributed by atoms with Crippen LogP contribution in [0.25, 0.3) is 0 Å². The topological polar surface area (TPSA) is 86.8 Å². The number of benzene rings is 2. The number of rotatable bonds is 9. The van der Waals surface area contributed by atoms with E-state index in [1.165, 1.54) is 30.1 Å². The van der Waals surface area contributed by atoms with Gasteiger partial charge in [-0.1, -0.05) is 59.9 Å². The Balaban J connectivity index is 2.47. The fraction of sp³-hybridized carbons (Fsp3) is 0.333. The smallest absolute Gasteiger partial charge is 0.244 e. The van der Waals surface area contributed by atoms with Gasteiger partial charge in [0.15, 0.2) is 0 Å². The summed E-state index contributed by atoms with van der Waals surface area (Å²) in [4.78, 5) is 27.2. The van der Waals surface area contributed by atoms with E-state index in [1.54, 1.807) is 31.2 Å². The van der Waals surface area contributed by atoms with E-state index < -0.39 is 28.5 Å². The van der Waals surface area contributed by atoms with E-state index in [0.717, 1.165) is 10.6 Å². The Morgan fingerprint density at radius 1 is 1.06 bits per heavy atom. The highest BCUT2D eigenvalue weighted by Gasteiger charge is 2.32. The molecule has 2 rings (SSSR count). The van der Waals surface area contributed by atoms with Crippen LogP contribution in [0.4, 0.5) is 5.69 Å². The molecule has 0 saturated carbocycles. The molecule has 7 nitrogen and oxygen atoms in total. The van der Waals surface area contributed by atoms with Crippen LogP contribution in [0, 0.1) is 0 Å². The van der Waals surface area contributed by atoms with Crippen LogP contribution in [-0.2, 0) is 26.2 Å². The third kappa shape index (κ3) is 6.51. The van der Waals surface area contributed by atoms with Gasteiger partial charge in [0.1, 0.15) is 12.6 Å². The lowest BCUT2D eigenvalue weighted by Gasteiger charge is -2.33. The first kappa shape index (κ1) is 26.3. The Bertz CT molecular complexity index is 1100. The minimum atomic E-state index is -3.86. The Morgan fingerprint density at radius 3 is 2.25 bits per heavy atom. The molecule has 0 fully saturated rings. The molecule has 0 unspecified atom stereocenters. The number of amides is 2. The third-order valence-electron chi connectivity index (χ3n) is 4.79. The second kappa shape index (κ2) is 11.2. The summed E-state index contributed by atoms with van der Waals surface area (Å²) in [6.07, 6.45) is 1.29. The summed E-state index contributed by atoms with van der Waals surface area (Å²) >= 11 is 18.4. The zero-order valence-electron chi connectivity index (χ0n) is 17.8. The van der Waals surface area contributed by atoms with Crippen molar-refractivity contribution >= 4 is 62.3 Å². The Kier molecular flexibility index (Phi) is 9.21. The van der Waals surface area contributed by atoms with Crippen LogP contribution in [0.15, 0.2) is 42.5 Å². The van der Waals surface area contributed by atoms with Crippen LogP contribution in [0.3, 0.4) is 0 Å². The number of carbonyl (C=O) groups is 2. The predicted molar refractivity (Wildman–Crippen MR) is 129 cm³/mol. The van der Waals surface area contributed by atoms with Crippen molar-refractivity contribution in [1.29, 1.82) is 0 Å². The molecule has 0 spiro atoms. The van der Waals surface area contributed by atoms with Crippen molar-refractivity contribution in [1.82, 2.24) is 10.2 Å². The molecule has 0 aliphatic rings. The third-order valence-corrected chi connectivity index (χ3v) is 6.82. The van der Waals surface area contributed by atoms with Gasteiger partial charge in [0, 0.05) is 23.6 Å². The molecule has 0 aromatic heterocycles. The van der Waals surface area contributed by atoms with Gasteiger partial charge < -0.3 is 10.2 Å². The van der Waals surface area contributed by atoms with Crippen LogP contribution in [0.5, 0.6) is 0 Å². The number of hydrogen-bond acceptors (Lipinski definition) is 4. The Hall–Kier alpha value is -2.00. The monoisotopic (exact) mass is 519 g/mol. The predicted octanol–water partition coefficient (Wildman–Crippen LogP) is 3.97. The highest BCUT2D eigenvalue weighted by molar-refractivity contribution is 7.92. The van der Waals surface area contributed by atoms with Crippen molar-refractivity contribution in [3.8, 4) is 0 Å². The van der Waals surface area contributed by atoms with Gasteiger partial charge in [-0.05, 0) is 36.2 Å². The molecular formula is C21H24Cl3N3O4S. The van der Waals surface area contributed by atoms with E-state index in [9.17, 15) is 18.0 Å². The van der Waals surface area contributed by atoms with Crippen molar-refractivity contribution in [3.63, 3.8) is 0 Å². The first-order chi connectivity index (χ1) is 15.0. The van der Waals surface area contributed by atoms with Crippen molar-refractivity contribution in [2.75, 3.05) is 24.2 Å². The number of likely N-dealkylation sites (N-methyl/N-ethyl adjacent to an activating group) is 1. The van der Waals surface area contributed by atoms with Gasteiger partial charge in [-0.25, -0.2) is 8.42 Å². The molecular weight excluding hydrogens is 497 g/mol. The zero-order valence-corrected chi connectivity index (χ0v) is 20.9. The summed E-state index contributed by atoms with van der Waals surface area (Å²) in [5.41, 5.74) is 0.734. The van der Waals surface area contributed by atoms with Crippen LogP contribution >= 0.6 is 34.8 Å². The van der Waals surface area contributed by atoms with Gasteiger partial charge in [-0.2, -0.15) is 0 Å². The second-order valence-electron chi connectivity index (χ2n) is 7.02. The maximum atomic E-state index is 13.4. The van der Waals surface area contributed by atoms with Gasteiger partial charge in [0.2, 0.25) is 21.8 Å². The first-order valence-corrected chi connectivity index (χ1v) is 12.6. The molecule has 174 valence electrons. The number of para-hydroxylation sites is 1. The van der Waals surface area contributed by atoms with Crippen molar-refractivity contribution < 1.29 is 18.0 Å². The highest BCUT2D eigenvalue weighted by atomic mass is 35.5. The summed E-state index contributed by atoms with van der Waals surface area (Å²) in [6.45, 7) is 1.20. The molecule has 1 N–H and O–H groups in total. The van der Waals surface area contributed by atoms with Gasteiger partial charge in [0.05, 0.1) is 17.0 Å². The van der Waals surface area contributed by atoms with E-state index in [-0.39, 0.29) is 23.2 Å². The number of anilines is 1. The van der Waals surface area contributed by atoms with Gasteiger partial charge in [-0.15, -0.1) is 0 Å². The van der Waals surface area contributed by atoms with Gasteiger partial charge in [0.25, 0.3) is 0 Å². The summed E-state index contributed by atoms with van der Waals surface area (Å²) in [5, 5.41) is 3.48. The number of halogens is 3. The largest absolute Gasteiger partial charge is 0.357 e. The number of nitrogens with zero attached hydrogens (tertiary/aromatic N) is 2. The fourth-order valence-electron chi connectivity index (χ4n) is 3.17. The lowest BCUT2D eigenvalue weighted by Crippen LogP contribution is -2.51. The molecule has 1 atom stereocenters. The van der Waals surface area contributed by atoms with Crippen molar-refractivity contribution in [2.45, 2.75) is 25.9 Å². The molecule has 2 aromatic rings. The van der Waals surface area contributed by atoms with Crippen LogP contribution in [0.2, 0.25) is 15.1 Å². The van der Waals surface area contributed by atoms with E-state index in [1.807, 2.05) is 0 Å². The van der Waals surface area contributed by atoms with Crippen LogP contribution in [0.1, 0.15) is 18.9 Å². The number of hydrogen-bond donors (Lipinski definition) is 1. The van der Waals surface area contributed by atoms with Crippen LogP contribution < -0.4 is 9.62 Å². The van der Waals surface area contributed by atoms with Gasteiger partial charge >= 0.3 is 0 Å². The van der Waals surface area contributed by atoms with Crippen LogP contribution in [-0.4, -0.2) is 51.0 Å². The van der Waals surface area contributed by atoms with E-state index in [2.05, 4.69) is 5.32 Å². The minimum absolute atomic E-state index is 0.0130. The number of sulfonamides is 1. The Morgan fingerprint density at radius 2 is 1.72 bits per heavy atom. The molecule has 0 aliphatic heterocycles. The molecule has 2 aromatic carbocycles. The van der Waals surface area contributed by atoms with E-state index in [4.69, 9.17) is 34.8 Å². The molecule has 0 saturated heterocycles. The maximum absolute atomic E-state index is 13.4. The fourth-order valence-corrected chi connectivity index (χ4v) is 4.79. The molecule has 0 radical (unpaired) electrons. The Labute approximate surface area is 203 Å². The highest BCUT2D eigenvalue weighted by Crippen LogP contribution is 2.28. The minimum Gasteiger partial charge on any atom is -0.357 e. The normalized spacial score (nSPS) is 12.2. The maximum Gasteiger partial charge on any atom is 0.244 e. The van der Waals surface area contributed by atoms with Gasteiger partial charge in [-0.3, -0.25) is 13.9 Å². The second-order valence-corrected chi connectivity index (χ2v) is 10.2. The average Bonchev–Trinajstić information content (AvgIpc) is 2.72. The molecule has 11 heteroatoms. The molecule has 0 heterocycles. The quantitative estimate of drug-likeness (QED) is 0.542. The number of carbonyl (C=O) groups excluding carboxylic acids is 2.